The predicted octanol–water partition coefficient (Wildman–Crippen LogP) is 11.4. The molecule has 6 heteroatoms. The van der Waals surface area contributed by atoms with Crippen molar-refractivity contribution in [1.29, 1.82) is 5.26 Å². The van der Waals surface area contributed by atoms with Gasteiger partial charge in [-0.15, -0.1) is 0 Å². The molecule has 0 amide bonds. The number of aryl methyl sites for hydroxylation is 3. The Balaban J connectivity index is 1.59. The van der Waals surface area contributed by atoms with Gasteiger partial charge >= 0.3 is 6.18 Å². The number of nitriles is 1. The molecule has 0 aliphatic carbocycles. The molecule has 0 spiro atoms. The number of rotatable bonds is 3. The number of benzene rings is 6. The van der Waals surface area contributed by atoms with E-state index in [-0.39, 0.29) is 0 Å². The Labute approximate surface area is 269 Å². The van der Waals surface area contributed by atoms with Crippen molar-refractivity contribution in [2.75, 3.05) is 0 Å². The first-order valence-corrected chi connectivity index (χ1v) is 15.4. The molecule has 0 aliphatic rings. The van der Waals surface area contributed by atoms with E-state index in [1.165, 1.54) is 6.07 Å². The van der Waals surface area contributed by atoms with Crippen molar-refractivity contribution in [2.24, 2.45) is 0 Å². The van der Waals surface area contributed by atoms with Crippen molar-refractivity contribution in [3.63, 3.8) is 0 Å². The summed E-state index contributed by atoms with van der Waals surface area (Å²) < 4.78 is 46.7. The van der Waals surface area contributed by atoms with Gasteiger partial charge in [-0.25, -0.2) is 0 Å². The van der Waals surface area contributed by atoms with E-state index >= 15 is 0 Å². The molecular formula is C41H28F3N3. The van der Waals surface area contributed by atoms with Crippen molar-refractivity contribution < 1.29 is 13.2 Å². The Morgan fingerprint density at radius 3 is 1.74 bits per heavy atom. The number of fused-ring (bicyclic) bond motifs is 6. The van der Waals surface area contributed by atoms with Crippen LogP contribution >= 0.6 is 0 Å². The molecule has 228 valence electrons. The second-order valence-electron chi connectivity index (χ2n) is 12.2. The van der Waals surface area contributed by atoms with Gasteiger partial charge in [-0.3, -0.25) is 0 Å². The minimum atomic E-state index is -4.52. The molecule has 2 heterocycles. The van der Waals surface area contributed by atoms with E-state index in [0.717, 1.165) is 60.8 Å². The Morgan fingerprint density at radius 2 is 1.15 bits per heavy atom. The number of halogens is 3. The van der Waals surface area contributed by atoms with E-state index in [0.29, 0.717) is 33.6 Å². The molecule has 8 aromatic rings. The highest BCUT2D eigenvalue weighted by atomic mass is 19.4. The summed E-state index contributed by atoms with van der Waals surface area (Å²) in [5.74, 6) is 0. The van der Waals surface area contributed by atoms with Crippen LogP contribution in [0.2, 0.25) is 0 Å². The summed E-state index contributed by atoms with van der Waals surface area (Å²) in [5.41, 5.74) is 8.03. The SMILES string of the molecule is Cc1cc(-c2ccc(-n3c4ccccc4c4cccc(C)c43)c(C#N)c2-n2c3ccccc3c3cccc(C)c32)cc(C(F)(F)F)c1. The minimum Gasteiger partial charge on any atom is -0.308 e. The van der Waals surface area contributed by atoms with Crippen LogP contribution in [0, 0.1) is 32.1 Å². The summed E-state index contributed by atoms with van der Waals surface area (Å²) in [6, 6.07) is 38.8. The van der Waals surface area contributed by atoms with Crippen molar-refractivity contribution in [1.82, 2.24) is 9.13 Å². The van der Waals surface area contributed by atoms with Crippen molar-refractivity contribution >= 4 is 43.6 Å². The molecule has 0 bridgehead atoms. The van der Waals surface area contributed by atoms with E-state index in [1.807, 2.05) is 79.7 Å². The van der Waals surface area contributed by atoms with Gasteiger partial charge in [0.1, 0.15) is 11.6 Å². The molecular weight excluding hydrogens is 591 g/mol. The topological polar surface area (TPSA) is 33.6 Å². The van der Waals surface area contributed by atoms with Gasteiger partial charge in [0.25, 0.3) is 0 Å². The largest absolute Gasteiger partial charge is 0.416 e. The van der Waals surface area contributed by atoms with Crippen LogP contribution in [-0.4, -0.2) is 9.13 Å². The van der Waals surface area contributed by atoms with E-state index in [1.54, 1.807) is 13.0 Å². The molecule has 0 aliphatic heterocycles. The second kappa shape index (κ2) is 10.4. The molecule has 0 fully saturated rings. The molecule has 0 radical (unpaired) electrons. The summed E-state index contributed by atoms with van der Waals surface area (Å²) in [4.78, 5) is 0. The maximum Gasteiger partial charge on any atom is 0.416 e. The number of hydrogen-bond acceptors (Lipinski definition) is 1. The zero-order valence-corrected chi connectivity index (χ0v) is 25.9. The van der Waals surface area contributed by atoms with Crippen molar-refractivity contribution in [3.05, 3.63) is 143 Å². The van der Waals surface area contributed by atoms with Crippen LogP contribution in [-0.2, 0) is 6.18 Å². The van der Waals surface area contributed by atoms with Gasteiger partial charge in [0.2, 0.25) is 0 Å². The lowest BCUT2D eigenvalue weighted by Crippen LogP contribution is -2.08. The number of nitrogens with zero attached hydrogens (tertiary/aromatic N) is 3. The van der Waals surface area contributed by atoms with Gasteiger partial charge in [0.05, 0.1) is 39.0 Å². The van der Waals surface area contributed by atoms with Crippen molar-refractivity contribution in [2.45, 2.75) is 26.9 Å². The zero-order chi connectivity index (χ0) is 32.6. The van der Waals surface area contributed by atoms with Gasteiger partial charge < -0.3 is 9.13 Å². The lowest BCUT2D eigenvalue weighted by Gasteiger charge is -2.21. The van der Waals surface area contributed by atoms with Crippen LogP contribution in [0.15, 0.2) is 115 Å². The average Bonchev–Trinajstić information content (AvgIpc) is 3.58. The van der Waals surface area contributed by atoms with Crippen LogP contribution in [0.25, 0.3) is 66.1 Å². The fourth-order valence-electron chi connectivity index (χ4n) is 7.31. The molecule has 6 aromatic carbocycles. The average molecular weight is 620 g/mol. The van der Waals surface area contributed by atoms with Crippen molar-refractivity contribution in [3.8, 4) is 28.6 Å². The highest BCUT2D eigenvalue weighted by Crippen LogP contribution is 2.44. The molecule has 0 saturated heterocycles. The summed E-state index contributed by atoms with van der Waals surface area (Å²) in [5, 5.41) is 15.3. The van der Waals surface area contributed by atoms with Gasteiger partial charge in [-0.1, -0.05) is 84.9 Å². The first-order valence-electron chi connectivity index (χ1n) is 15.4. The first kappa shape index (κ1) is 28.7. The van der Waals surface area contributed by atoms with Crippen LogP contribution in [0.1, 0.15) is 27.8 Å². The molecule has 47 heavy (non-hydrogen) atoms. The molecule has 8 rings (SSSR count). The first-order chi connectivity index (χ1) is 22.7. The fourth-order valence-corrected chi connectivity index (χ4v) is 7.31. The Hall–Kier alpha value is -5.80. The van der Waals surface area contributed by atoms with E-state index < -0.39 is 11.7 Å². The molecule has 0 unspecified atom stereocenters. The Morgan fingerprint density at radius 1 is 0.596 bits per heavy atom. The summed E-state index contributed by atoms with van der Waals surface area (Å²) in [7, 11) is 0. The number of alkyl halides is 3. The maximum atomic E-state index is 14.2. The predicted molar refractivity (Wildman–Crippen MR) is 184 cm³/mol. The van der Waals surface area contributed by atoms with Gasteiger partial charge in [-0.05, 0) is 73.4 Å². The molecule has 0 saturated carbocycles. The van der Waals surface area contributed by atoms with Crippen LogP contribution in [0.5, 0.6) is 0 Å². The lowest BCUT2D eigenvalue weighted by atomic mass is 9.95. The standard InChI is InChI=1S/C41H28F3N3/c1-24-20-27(22-28(21-24)41(42,43)44)29-18-19-37(46-35-16-6-4-12-30(35)32-14-8-10-25(2)38(32)46)34(23-45)40(29)47-36-17-7-5-13-31(36)33-15-9-11-26(3)39(33)47/h4-22H,1-3H3. The van der Waals surface area contributed by atoms with Crippen LogP contribution < -0.4 is 0 Å². The molecule has 0 N–H and O–H groups in total. The van der Waals surface area contributed by atoms with Crippen LogP contribution in [0.3, 0.4) is 0 Å². The highest BCUT2D eigenvalue weighted by molar-refractivity contribution is 6.12. The number of aromatic nitrogens is 2. The smallest absolute Gasteiger partial charge is 0.308 e. The van der Waals surface area contributed by atoms with E-state index in [9.17, 15) is 18.4 Å². The monoisotopic (exact) mass is 619 g/mol. The third kappa shape index (κ3) is 4.27. The minimum absolute atomic E-state index is 0.370. The second-order valence-corrected chi connectivity index (χ2v) is 12.2. The molecule has 3 nitrogen and oxygen atoms in total. The Bertz CT molecular complexity index is 2610. The van der Waals surface area contributed by atoms with Crippen LogP contribution in [0.4, 0.5) is 13.2 Å². The summed E-state index contributed by atoms with van der Waals surface area (Å²) in [6.45, 7) is 5.75. The van der Waals surface area contributed by atoms with E-state index in [4.69, 9.17) is 0 Å². The zero-order valence-electron chi connectivity index (χ0n) is 25.9. The van der Waals surface area contributed by atoms with Gasteiger partial charge in [-0.2, -0.15) is 18.4 Å². The van der Waals surface area contributed by atoms with Gasteiger partial charge in [0.15, 0.2) is 0 Å². The quantitative estimate of drug-likeness (QED) is 0.194. The number of hydrogen-bond donors (Lipinski definition) is 0. The molecule has 2 aromatic heterocycles. The number of para-hydroxylation sites is 4. The summed E-state index contributed by atoms with van der Waals surface area (Å²) in [6.07, 6.45) is -4.52. The van der Waals surface area contributed by atoms with E-state index in [2.05, 4.69) is 46.4 Å². The normalized spacial score (nSPS) is 12.0. The summed E-state index contributed by atoms with van der Waals surface area (Å²) >= 11 is 0. The third-order valence-corrected chi connectivity index (χ3v) is 9.24. The van der Waals surface area contributed by atoms with Gasteiger partial charge in [0, 0.05) is 27.1 Å². The highest BCUT2D eigenvalue weighted by Gasteiger charge is 2.32. The Kier molecular flexibility index (Phi) is 6.32. The fraction of sp³-hybridized carbons (Fsp3) is 0.0976. The molecule has 0 atom stereocenters. The third-order valence-electron chi connectivity index (χ3n) is 9.24. The lowest BCUT2D eigenvalue weighted by molar-refractivity contribution is -0.137. The maximum absolute atomic E-state index is 14.2.